The highest BCUT2D eigenvalue weighted by molar-refractivity contribution is 7.20. The number of imidazole rings is 1. The molecule has 0 spiro atoms. The van der Waals surface area contributed by atoms with Crippen LogP contribution in [0.2, 0.25) is 0 Å². The van der Waals surface area contributed by atoms with Crippen molar-refractivity contribution in [1.82, 2.24) is 19.5 Å². The number of nitrogens with zero attached hydrogens (tertiary/aromatic N) is 4. The number of hydrogen-bond acceptors (Lipinski definition) is 7. The van der Waals surface area contributed by atoms with Crippen LogP contribution in [-0.4, -0.2) is 65.3 Å². The number of aromatic nitrogens is 3. The first-order chi connectivity index (χ1) is 13.5. The summed E-state index contributed by atoms with van der Waals surface area (Å²) < 4.78 is 48.1. The largest absolute Gasteiger partial charge is 0.573 e. The minimum absolute atomic E-state index is 0.278. The Kier molecular flexibility index (Phi) is 5.38. The van der Waals surface area contributed by atoms with Gasteiger partial charge in [-0.3, -0.25) is 4.90 Å². The van der Waals surface area contributed by atoms with Crippen molar-refractivity contribution in [2.24, 2.45) is 0 Å². The molecule has 0 aliphatic carbocycles. The molecule has 150 valence electrons. The monoisotopic (exact) mass is 413 g/mol. The number of ether oxygens (including phenoxy) is 2. The number of rotatable bonds is 6. The van der Waals surface area contributed by atoms with E-state index in [1.807, 2.05) is 0 Å². The van der Waals surface area contributed by atoms with Gasteiger partial charge >= 0.3 is 6.36 Å². The Balaban J connectivity index is 1.40. The third-order valence-corrected chi connectivity index (χ3v) is 5.09. The molecule has 2 aromatic heterocycles. The standard InChI is InChI=1S/C17H18F3N5O2S/c18-17(19,20)27-13-3-1-2-12(10-13)14-11-25-16(22-14)28-15(23-25)21-4-5-24-6-8-26-9-7-24/h1-3,10-11H,4-9H2,(H,21,23). The normalized spacial score (nSPS) is 15.8. The summed E-state index contributed by atoms with van der Waals surface area (Å²) in [5.74, 6) is -0.278. The minimum atomic E-state index is -4.73. The second-order valence-corrected chi connectivity index (χ2v) is 7.17. The molecule has 1 N–H and O–H groups in total. The number of alkyl halides is 3. The number of hydrogen-bond donors (Lipinski definition) is 1. The van der Waals surface area contributed by atoms with Gasteiger partial charge in [-0.1, -0.05) is 23.5 Å². The van der Waals surface area contributed by atoms with Crippen LogP contribution in [0.1, 0.15) is 0 Å². The maximum Gasteiger partial charge on any atom is 0.573 e. The number of fused-ring (bicyclic) bond motifs is 1. The van der Waals surface area contributed by atoms with Crippen LogP contribution in [0, 0.1) is 0 Å². The summed E-state index contributed by atoms with van der Waals surface area (Å²) in [5, 5.41) is 8.46. The number of halogens is 3. The fraction of sp³-hybridized carbons (Fsp3) is 0.412. The molecule has 1 saturated heterocycles. The number of anilines is 1. The number of morpholine rings is 1. The van der Waals surface area contributed by atoms with Crippen molar-refractivity contribution in [1.29, 1.82) is 0 Å². The zero-order chi connectivity index (χ0) is 19.6. The lowest BCUT2D eigenvalue weighted by molar-refractivity contribution is -0.274. The van der Waals surface area contributed by atoms with Crippen LogP contribution >= 0.6 is 11.3 Å². The first-order valence-corrected chi connectivity index (χ1v) is 9.54. The molecule has 4 rings (SSSR count). The Labute approximate surface area is 162 Å². The summed E-state index contributed by atoms with van der Waals surface area (Å²) in [4.78, 5) is 7.44. The predicted molar refractivity (Wildman–Crippen MR) is 98.7 cm³/mol. The fourth-order valence-electron chi connectivity index (χ4n) is 2.91. The van der Waals surface area contributed by atoms with Crippen LogP contribution in [0.4, 0.5) is 18.3 Å². The first kappa shape index (κ1) is 19.0. The molecule has 0 amide bonds. The summed E-state index contributed by atoms with van der Waals surface area (Å²) in [6.07, 6.45) is -3.04. The molecule has 0 atom stereocenters. The van der Waals surface area contributed by atoms with E-state index in [1.54, 1.807) is 16.8 Å². The van der Waals surface area contributed by atoms with E-state index < -0.39 is 6.36 Å². The van der Waals surface area contributed by atoms with Crippen molar-refractivity contribution in [3.63, 3.8) is 0 Å². The van der Waals surface area contributed by atoms with Gasteiger partial charge in [-0.15, -0.1) is 18.3 Å². The highest BCUT2D eigenvalue weighted by Crippen LogP contribution is 2.29. The number of benzene rings is 1. The molecule has 3 aromatic rings. The van der Waals surface area contributed by atoms with Crippen LogP contribution in [0.3, 0.4) is 0 Å². The molecule has 11 heteroatoms. The molecule has 1 aromatic carbocycles. The van der Waals surface area contributed by atoms with E-state index in [4.69, 9.17) is 4.74 Å². The maximum absolute atomic E-state index is 12.4. The molecule has 0 radical (unpaired) electrons. The Morgan fingerprint density at radius 1 is 1.25 bits per heavy atom. The van der Waals surface area contributed by atoms with E-state index in [-0.39, 0.29) is 5.75 Å². The van der Waals surface area contributed by atoms with Gasteiger partial charge in [-0.2, -0.15) is 0 Å². The summed E-state index contributed by atoms with van der Waals surface area (Å²) in [7, 11) is 0. The van der Waals surface area contributed by atoms with Crippen molar-refractivity contribution in [2.45, 2.75) is 6.36 Å². The van der Waals surface area contributed by atoms with Gasteiger partial charge < -0.3 is 14.8 Å². The molecular formula is C17H18F3N5O2S. The van der Waals surface area contributed by atoms with Crippen molar-refractivity contribution in [2.75, 3.05) is 44.7 Å². The van der Waals surface area contributed by atoms with E-state index in [2.05, 4.69) is 25.0 Å². The molecule has 1 aliphatic heterocycles. The Hall–Kier alpha value is -2.37. The van der Waals surface area contributed by atoms with Crippen molar-refractivity contribution >= 4 is 21.4 Å². The van der Waals surface area contributed by atoms with E-state index in [9.17, 15) is 13.2 Å². The van der Waals surface area contributed by atoms with E-state index in [1.165, 1.54) is 29.5 Å². The average Bonchev–Trinajstić information content (AvgIpc) is 3.20. The lowest BCUT2D eigenvalue weighted by Crippen LogP contribution is -2.39. The smallest absolute Gasteiger partial charge is 0.406 e. The molecular weight excluding hydrogens is 395 g/mol. The first-order valence-electron chi connectivity index (χ1n) is 8.73. The van der Waals surface area contributed by atoms with Crippen molar-refractivity contribution in [3.8, 4) is 17.0 Å². The van der Waals surface area contributed by atoms with Gasteiger partial charge in [0.1, 0.15) is 5.75 Å². The Bertz CT molecular complexity index is 905. The van der Waals surface area contributed by atoms with E-state index in [0.29, 0.717) is 16.2 Å². The van der Waals surface area contributed by atoms with Crippen LogP contribution in [0.5, 0.6) is 5.75 Å². The van der Waals surface area contributed by atoms with Crippen LogP contribution in [0.25, 0.3) is 16.2 Å². The van der Waals surface area contributed by atoms with Crippen LogP contribution in [-0.2, 0) is 4.74 Å². The molecule has 3 heterocycles. The molecule has 0 unspecified atom stereocenters. The molecule has 0 bridgehead atoms. The third kappa shape index (κ3) is 4.72. The summed E-state index contributed by atoms with van der Waals surface area (Å²) in [5.41, 5.74) is 1.06. The van der Waals surface area contributed by atoms with Gasteiger partial charge in [-0.05, 0) is 12.1 Å². The topological polar surface area (TPSA) is 63.9 Å². The van der Waals surface area contributed by atoms with Gasteiger partial charge in [-0.25, -0.2) is 9.50 Å². The second-order valence-electron chi connectivity index (χ2n) is 6.22. The van der Waals surface area contributed by atoms with Gasteiger partial charge in [0.15, 0.2) is 0 Å². The van der Waals surface area contributed by atoms with Gasteiger partial charge in [0.05, 0.1) is 25.1 Å². The third-order valence-electron chi connectivity index (χ3n) is 4.21. The molecule has 0 saturated carbocycles. The zero-order valence-corrected chi connectivity index (χ0v) is 15.6. The van der Waals surface area contributed by atoms with Crippen molar-refractivity contribution < 1.29 is 22.6 Å². The average molecular weight is 413 g/mol. The predicted octanol–water partition coefficient (Wildman–Crippen LogP) is 3.10. The maximum atomic E-state index is 12.4. The van der Waals surface area contributed by atoms with E-state index >= 15 is 0 Å². The van der Waals surface area contributed by atoms with Crippen LogP contribution < -0.4 is 10.1 Å². The Morgan fingerprint density at radius 2 is 2.07 bits per heavy atom. The SMILES string of the molecule is FC(F)(F)Oc1cccc(-c2cn3nc(NCCN4CCOCC4)sc3n2)c1. The highest BCUT2D eigenvalue weighted by atomic mass is 32.1. The van der Waals surface area contributed by atoms with Gasteiger partial charge in [0.2, 0.25) is 10.1 Å². The molecule has 1 aliphatic rings. The summed E-state index contributed by atoms with van der Waals surface area (Å²) in [6.45, 7) is 5.07. The fourth-order valence-corrected chi connectivity index (χ4v) is 3.72. The van der Waals surface area contributed by atoms with Crippen molar-refractivity contribution in [3.05, 3.63) is 30.5 Å². The van der Waals surface area contributed by atoms with E-state index in [0.717, 1.165) is 44.5 Å². The zero-order valence-electron chi connectivity index (χ0n) is 14.8. The molecule has 28 heavy (non-hydrogen) atoms. The highest BCUT2D eigenvalue weighted by Gasteiger charge is 2.31. The lowest BCUT2D eigenvalue weighted by atomic mass is 10.1. The van der Waals surface area contributed by atoms with Crippen LogP contribution in [0.15, 0.2) is 30.5 Å². The molecule has 7 nitrogen and oxygen atoms in total. The molecule has 1 fully saturated rings. The number of nitrogens with one attached hydrogen (secondary N) is 1. The minimum Gasteiger partial charge on any atom is -0.406 e. The quantitative estimate of drug-likeness (QED) is 0.670. The lowest BCUT2D eigenvalue weighted by Gasteiger charge is -2.26. The summed E-state index contributed by atoms with van der Waals surface area (Å²) in [6, 6.07) is 5.73. The van der Waals surface area contributed by atoms with Gasteiger partial charge in [0, 0.05) is 31.7 Å². The second kappa shape index (κ2) is 7.94. The van der Waals surface area contributed by atoms with Gasteiger partial charge in [0.25, 0.3) is 0 Å². The Morgan fingerprint density at radius 3 is 2.82 bits per heavy atom. The summed E-state index contributed by atoms with van der Waals surface area (Å²) >= 11 is 1.39.